The molecule has 1 aromatic heterocycles. The predicted octanol–water partition coefficient (Wildman–Crippen LogP) is 3.28. The maximum Gasteiger partial charge on any atom is 0.270 e. The third-order valence-corrected chi connectivity index (χ3v) is 4.62. The molecule has 6 heteroatoms. The van der Waals surface area contributed by atoms with Gasteiger partial charge in [-0.25, -0.2) is 14.4 Å². The average molecular weight is 356 g/mol. The summed E-state index contributed by atoms with van der Waals surface area (Å²) in [5, 5.41) is 2.83. The lowest BCUT2D eigenvalue weighted by Gasteiger charge is -2.22. The van der Waals surface area contributed by atoms with Gasteiger partial charge in [-0.3, -0.25) is 4.79 Å². The van der Waals surface area contributed by atoms with E-state index < -0.39 is 0 Å². The molecule has 1 aromatic carbocycles. The molecule has 5 nitrogen and oxygen atoms in total. The van der Waals surface area contributed by atoms with E-state index in [4.69, 9.17) is 0 Å². The summed E-state index contributed by atoms with van der Waals surface area (Å²) in [6, 6.07) is 8.37. The summed E-state index contributed by atoms with van der Waals surface area (Å²) in [5.41, 5.74) is 0.960. The van der Waals surface area contributed by atoms with Crippen LogP contribution in [0.5, 0.6) is 0 Å². The molecular weight excluding hydrogens is 331 g/mol. The zero-order chi connectivity index (χ0) is 18.4. The number of aromatic nitrogens is 2. The highest BCUT2D eigenvalue weighted by Gasteiger charge is 2.16. The number of anilines is 1. The van der Waals surface area contributed by atoms with Gasteiger partial charge < -0.3 is 10.2 Å². The quantitative estimate of drug-likeness (QED) is 0.893. The van der Waals surface area contributed by atoms with Crippen molar-refractivity contribution in [2.24, 2.45) is 0 Å². The summed E-state index contributed by atoms with van der Waals surface area (Å²) in [6.07, 6.45) is 5.22. The third-order valence-electron chi connectivity index (χ3n) is 4.62. The fourth-order valence-electron chi connectivity index (χ4n) is 3.23. The minimum Gasteiger partial charge on any atom is -0.356 e. The number of nitrogens with zero attached hydrogens (tertiary/aromatic N) is 3. The summed E-state index contributed by atoms with van der Waals surface area (Å²) in [6.45, 7) is 4.09. The second-order valence-corrected chi connectivity index (χ2v) is 6.66. The Morgan fingerprint density at radius 3 is 2.62 bits per heavy atom. The van der Waals surface area contributed by atoms with Crippen molar-refractivity contribution >= 4 is 11.7 Å². The zero-order valence-electron chi connectivity index (χ0n) is 15.2. The second kappa shape index (κ2) is 8.74. The number of rotatable bonds is 5. The van der Waals surface area contributed by atoms with Crippen molar-refractivity contribution in [2.45, 2.75) is 39.0 Å². The van der Waals surface area contributed by atoms with Crippen LogP contribution in [0.1, 0.15) is 47.6 Å². The Bertz CT molecular complexity index is 757. The number of carbonyl (C=O) groups is 1. The van der Waals surface area contributed by atoms with E-state index in [9.17, 15) is 9.18 Å². The van der Waals surface area contributed by atoms with Crippen LogP contribution in [0.2, 0.25) is 0 Å². The molecular formula is C20H25FN4O. The molecule has 1 N–H and O–H groups in total. The van der Waals surface area contributed by atoms with Crippen molar-refractivity contribution in [3.8, 4) is 0 Å². The van der Waals surface area contributed by atoms with Gasteiger partial charge in [-0.2, -0.15) is 0 Å². The molecule has 0 aliphatic carbocycles. The van der Waals surface area contributed by atoms with Crippen LogP contribution in [0.3, 0.4) is 0 Å². The molecule has 1 aliphatic heterocycles. The highest BCUT2D eigenvalue weighted by molar-refractivity contribution is 5.92. The minimum atomic E-state index is -0.247. The zero-order valence-corrected chi connectivity index (χ0v) is 15.2. The molecule has 2 aromatic rings. The Morgan fingerprint density at radius 2 is 1.88 bits per heavy atom. The van der Waals surface area contributed by atoms with Gasteiger partial charge in [0, 0.05) is 25.7 Å². The number of hydrogen-bond acceptors (Lipinski definition) is 4. The summed E-state index contributed by atoms with van der Waals surface area (Å²) >= 11 is 0. The normalized spacial score (nSPS) is 14.8. The van der Waals surface area contributed by atoms with Crippen molar-refractivity contribution < 1.29 is 9.18 Å². The summed E-state index contributed by atoms with van der Waals surface area (Å²) in [5.74, 6) is 0.913. The van der Waals surface area contributed by atoms with E-state index in [0.717, 1.165) is 31.7 Å². The first-order chi connectivity index (χ1) is 12.6. The molecule has 0 saturated carbocycles. The van der Waals surface area contributed by atoms with Gasteiger partial charge in [0.15, 0.2) is 0 Å². The lowest BCUT2D eigenvalue weighted by Crippen LogP contribution is -2.29. The van der Waals surface area contributed by atoms with Gasteiger partial charge in [0.2, 0.25) is 0 Å². The summed E-state index contributed by atoms with van der Waals surface area (Å²) in [7, 11) is 0. The fraction of sp³-hybridized carbons (Fsp3) is 0.450. The van der Waals surface area contributed by atoms with E-state index in [0.29, 0.717) is 30.0 Å². The maximum absolute atomic E-state index is 13.6. The van der Waals surface area contributed by atoms with Crippen LogP contribution in [0.4, 0.5) is 10.2 Å². The number of benzene rings is 1. The molecule has 3 rings (SSSR count). The van der Waals surface area contributed by atoms with Gasteiger partial charge in [0.1, 0.15) is 23.2 Å². The SMILES string of the molecule is Cc1nc(C(=O)NCCc2ccccc2F)cc(N2CCCCCC2)n1. The van der Waals surface area contributed by atoms with Crippen LogP contribution in [0, 0.1) is 12.7 Å². The van der Waals surface area contributed by atoms with Crippen LogP contribution >= 0.6 is 0 Å². The average Bonchev–Trinajstić information content (AvgIpc) is 2.92. The van der Waals surface area contributed by atoms with Gasteiger partial charge in [-0.1, -0.05) is 31.0 Å². The van der Waals surface area contributed by atoms with Gasteiger partial charge in [0.25, 0.3) is 5.91 Å². The molecule has 138 valence electrons. The smallest absolute Gasteiger partial charge is 0.270 e. The topological polar surface area (TPSA) is 58.1 Å². The van der Waals surface area contributed by atoms with Gasteiger partial charge in [0.05, 0.1) is 0 Å². The van der Waals surface area contributed by atoms with Crippen molar-refractivity contribution in [2.75, 3.05) is 24.5 Å². The molecule has 0 atom stereocenters. The molecule has 26 heavy (non-hydrogen) atoms. The molecule has 0 unspecified atom stereocenters. The van der Waals surface area contributed by atoms with Gasteiger partial charge in [-0.15, -0.1) is 0 Å². The Hall–Kier alpha value is -2.50. The molecule has 2 heterocycles. The van der Waals surface area contributed by atoms with Crippen molar-refractivity contribution in [3.63, 3.8) is 0 Å². The van der Waals surface area contributed by atoms with Crippen LogP contribution in [0.15, 0.2) is 30.3 Å². The fourth-order valence-corrected chi connectivity index (χ4v) is 3.23. The predicted molar refractivity (Wildman–Crippen MR) is 99.9 cm³/mol. The third kappa shape index (κ3) is 4.77. The van der Waals surface area contributed by atoms with Gasteiger partial charge in [-0.05, 0) is 37.8 Å². The largest absolute Gasteiger partial charge is 0.356 e. The Balaban J connectivity index is 1.64. The van der Waals surface area contributed by atoms with Crippen molar-refractivity contribution in [1.29, 1.82) is 0 Å². The number of nitrogens with one attached hydrogen (secondary N) is 1. The lowest BCUT2D eigenvalue weighted by molar-refractivity contribution is 0.0948. The van der Waals surface area contributed by atoms with Gasteiger partial charge >= 0.3 is 0 Å². The number of halogens is 1. The van der Waals surface area contributed by atoms with Crippen LogP contribution in [0.25, 0.3) is 0 Å². The maximum atomic E-state index is 13.6. The molecule has 1 fully saturated rings. The monoisotopic (exact) mass is 356 g/mol. The molecule has 1 saturated heterocycles. The van der Waals surface area contributed by atoms with Crippen LogP contribution < -0.4 is 10.2 Å². The number of hydrogen-bond donors (Lipinski definition) is 1. The van der Waals surface area contributed by atoms with Crippen LogP contribution in [-0.2, 0) is 6.42 Å². The highest BCUT2D eigenvalue weighted by Crippen LogP contribution is 2.18. The Morgan fingerprint density at radius 1 is 1.15 bits per heavy atom. The van der Waals surface area contributed by atoms with E-state index in [1.54, 1.807) is 31.2 Å². The molecule has 0 spiro atoms. The summed E-state index contributed by atoms with van der Waals surface area (Å²) < 4.78 is 13.6. The lowest BCUT2D eigenvalue weighted by atomic mass is 10.1. The van der Waals surface area contributed by atoms with Crippen molar-refractivity contribution in [3.05, 3.63) is 53.2 Å². The first-order valence-corrected chi connectivity index (χ1v) is 9.26. The Kier molecular flexibility index (Phi) is 6.15. The van der Waals surface area contributed by atoms with E-state index in [2.05, 4.69) is 20.2 Å². The number of aryl methyl sites for hydroxylation is 1. The molecule has 1 aliphatic rings. The Labute approximate surface area is 153 Å². The molecule has 0 radical (unpaired) electrons. The van der Waals surface area contributed by atoms with E-state index >= 15 is 0 Å². The summed E-state index contributed by atoms with van der Waals surface area (Å²) in [4.78, 5) is 23.5. The van der Waals surface area contributed by atoms with E-state index in [1.807, 2.05) is 0 Å². The standard InChI is InChI=1S/C20H25FN4O/c1-15-23-18(14-19(24-15)25-12-6-2-3-7-13-25)20(26)22-11-10-16-8-4-5-9-17(16)21/h4-5,8-9,14H,2-3,6-7,10-13H2,1H3,(H,22,26). The number of carbonyl (C=O) groups excluding carboxylic acids is 1. The first kappa shape index (κ1) is 18.3. The molecule has 0 bridgehead atoms. The first-order valence-electron chi connectivity index (χ1n) is 9.26. The second-order valence-electron chi connectivity index (χ2n) is 6.66. The minimum absolute atomic E-state index is 0.247. The van der Waals surface area contributed by atoms with E-state index in [-0.39, 0.29) is 11.7 Å². The van der Waals surface area contributed by atoms with E-state index in [1.165, 1.54) is 18.9 Å². The molecule has 1 amide bonds. The number of amides is 1. The highest BCUT2D eigenvalue weighted by atomic mass is 19.1. The van der Waals surface area contributed by atoms with Crippen molar-refractivity contribution in [1.82, 2.24) is 15.3 Å². The van der Waals surface area contributed by atoms with Crippen LogP contribution in [-0.4, -0.2) is 35.5 Å².